The van der Waals surface area contributed by atoms with Gasteiger partial charge in [0.1, 0.15) is 0 Å². The number of hydrogen-bond acceptors (Lipinski definition) is 4. The third-order valence-corrected chi connectivity index (χ3v) is 4.88. The van der Waals surface area contributed by atoms with Gasteiger partial charge in [0.25, 0.3) is 5.91 Å². The molecule has 6 heteroatoms. The second-order valence-corrected chi connectivity index (χ2v) is 7.07. The van der Waals surface area contributed by atoms with Crippen LogP contribution < -0.4 is 10.6 Å². The van der Waals surface area contributed by atoms with Crippen LogP contribution in [0.5, 0.6) is 0 Å². The molecular formula is C19H23ClN4O. The summed E-state index contributed by atoms with van der Waals surface area (Å²) in [5.74, 6) is 0.912. The zero-order valence-corrected chi connectivity index (χ0v) is 15.1. The van der Waals surface area contributed by atoms with E-state index in [1.807, 2.05) is 30.3 Å². The molecule has 1 aromatic carbocycles. The van der Waals surface area contributed by atoms with Gasteiger partial charge in [0.2, 0.25) is 5.95 Å². The van der Waals surface area contributed by atoms with E-state index in [0.29, 0.717) is 12.5 Å². The summed E-state index contributed by atoms with van der Waals surface area (Å²) >= 11 is 6.14. The van der Waals surface area contributed by atoms with Crippen molar-refractivity contribution in [3.8, 4) is 0 Å². The van der Waals surface area contributed by atoms with Gasteiger partial charge >= 0.3 is 0 Å². The molecule has 0 bridgehead atoms. The van der Waals surface area contributed by atoms with E-state index >= 15 is 0 Å². The first-order chi connectivity index (χ1) is 12.1. The van der Waals surface area contributed by atoms with E-state index in [-0.39, 0.29) is 22.7 Å². The SMILES string of the molecule is CC1CCC(NC(=O)c2nc(NCc3ccccc3)ncc2Cl)CC1. The summed E-state index contributed by atoms with van der Waals surface area (Å²) in [6.45, 7) is 2.84. The number of amides is 1. The van der Waals surface area contributed by atoms with Gasteiger partial charge in [-0.3, -0.25) is 4.79 Å². The molecule has 0 saturated heterocycles. The maximum Gasteiger partial charge on any atom is 0.271 e. The highest BCUT2D eigenvalue weighted by Crippen LogP contribution is 2.24. The highest BCUT2D eigenvalue weighted by Gasteiger charge is 2.22. The van der Waals surface area contributed by atoms with Gasteiger partial charge < -0.3 is 10.6 Å². The monoisotopic (exact) mass is 358 g/mol. The van der Waals surface area contributed by atoms with E-state index in [2.05, 4.69) is 27.5 Å². The molecule has 0 radical (unpaired) electrons. The van der Waals surface area contributed by atoms with E-state index in [9.17, 15) is 4.79 Å². The number of aromatic nitrogens is 2. The number of hydrogen-bond donors (Lipinski definition) is 2. The van der Waals surface area contributed by atoms with Crippen LogP contribution in [0, 0.1) is 5.92 Å². The van der Waals surface area contributed by atoms with Gasteiger partial charge in [0.05, 0.1) is 11.2 Å². The summed E-state index contributed by atoms with van der Waals surface area (Å²) in [6, 6.07) is 10.2. The van der Waals surface area contributed by atoms with Gasteiger partial charge in [-0.1, -0.05) is 48.9 Å². The fraction of sp³-hybridized carbons (Fsp3) is 0.421. The van der Waals surface area contributed by atoms with Crippen molar-refractivity contribution in [1.82, 2.24) is 15.3 Å². The lowest BCUT2D eigenvalue weighted by Crippen LogP contribution is -2.38. The highest BCUT2D eigenvalue weighted by molar-refractivity contribution is 6.33. The molecule has 0 aliphatic heterocycles. The van der Waals surface area contributed by atoms with Crippen LogP contribution in [0.2, 0.25) is 5.02 Å². The largest absolute Gasteiger partial charge is 0.350 e. The Morgan fingerprint density at radius 1 is 1.20 bits per heavy atom. The van der Waals surface area contributed by atoms with Crippen LogP contribution in [0.15, 0.2) is 36.5 Å². The van der Waals surface area contributed by atoms with Crippen LogP contribution in [0.1, 0.15) is 48.7 Å². The van der Waals surface area contributed by atoms with Crippen molar-refractivity contribution in [2.75, 3.05) is 5.32 Å². The Balaban J connectivity index is 1.63. The Morgan fingerprint density at radius 2 is 1.92 bits per heavy atom. The van der Waals surface area contributed by atoms with Crippen molar-refractivity contribution in [2.24, 2.45) is 5.92 Å². The molecule has 0 atom stereocenters. The maximum atomic E-state index is 12.5. The minimum Gasteiger partial charge on any atom is -0.350 e. The molecule has 1 amide bonds. The fourth-order valence-electron chi connectivity index (χ4n) is 3.05. The number of nitrogens with one attached hydrogen (secondary N) is 2. The van der Waals surface area contributed by atoms with Gasteiger partial charge in [0.15, 0.2) is 5.69 Å². The Hall–Kier alpha value is -2.14. The second-order valence-electron chi connectivity index (χ2n) is 6.66. The minimum atomic E-state index is -0.227. The van der Waals surface area contributed by atoms with E-state index in [0.717, 1.165) is 37.2 Å². The molecule has 1 aromatic heterocycles. The number of rotatable bonds is 5. The number of nitrogens with zero attached hydrogens (tertiary/aromatic N) is 2. The van der Waals surface area contributed by atoms with Gasteiger partial charge in [-0.25, -0.2) is 9.97 Å². The first kappa shape index (κ1) is 17.7. The molecule has 3 rings (SSSR count). The zero-order valence-electron chi connectivity index (χ0n) is 14.3. The third-order valence-electron chi connectivity index (χ3n) is 4.60. The van der Waals surface area contributed by atoms with Crippen LogP contribution in [0.3, 0.4) is 0 Å². The quantitative estimate of drug-likeness (QED) is 0.846. The van der Waals surface area contributed by atoms with E-state index in [1.54, 1.807) is 0 Å². The molecule has 132 valence electrons. The molecule has 2 aromatic rings. The molecule has 2 N–H and O–H groups in total. The average Bonchev–Trinajstić information content (AvgIpc) is 2.64. The number of halogens is 1. The lowest BCUT2D eigenvalue weighted by atomic mass is 9.87. The first-order valence-corrected chi connectivity index (χ1v) is 9.11. The second kappa shape index (κ2) is 8.30. The fourth-order valence-corrected chi connectivity index (χ4v) is 3.22. The molecule has 1 heterocycles. The molecule has 25 heavy (non-hydrogen) atoms. The van der Waals surface area contributed by atoms with Gasteiger partial charge in [0, 0.05) is 12.6 Å². The van der Waals surface area contributed by atoms with E-state index in [1.165, 1.54) is 6.20 Å². The molecule has 1 aliphatic rings. The number of benzene rings is 1. The van der Waals surface area contributed by atoms with E-state index in [4.69, 9.17) is 11.6 Å². The van der Waals surface area contributed by atoms with E-state index < -0.39 is 0 Å². The summed E-state index contributed by atoms with van der Waals surface area (Å²) < 4.78 is 0. The smallest absolute Gasteiger partial charge is 0.271 e. The molecular weight excluding hydrogens is 336 g/mol. The lowest BCUT2D eigenvalue weighted by molar-refractivity contribution is 0.0918. The molecule has 1 saturated carbocycles. The highest BCUT2D eigenvalue weighted by atomic mass is 35.5. The summed E-state index contributed by atoms with van der Waals surface area (Å²) in [4.78, 5) is 21.0. The molecule has 0 unspecified atom stereocenters. The first-order valence-electron chi connectivity index (χ1n) is 8.73. The summed E-state index contributed by atoms with van der Waals surface area (Å²) in [5, 5.41) is 6.46. The van der Waals surface area contributed by atoms with Gasteiger partial charge in [-0.05, 0) is 37.2 Å². The normalized spacial score (nSPS) is 20.1. The van der Waals surface area contributed by atoms with Crippen LogP contribution in [0.25, 0.3) is 0 Å². The van der Waals surface area contributed by atoms with Gasteiger partial charge in [-0.2, -0.15) is 0 Å². The van der Waals surface area contributed by atoms with Crippen molar-refractivity contribution in [1.29, 1.82) is 0 Å². The Bertz CT molecular complexity index is 715. The van der Waals surface area contributed by atoms with Crippen LogP contribution >= 0.6 is 11.6 Å². The van der Waals surface area contributed by atoms with Crippen molar-refractivity contribution >= 4 is 23.5 Å². The van der Waals surface area contributed by atoms with Crippen molar-refractivity contribution in [3.63, 3.8) is 0 Å². The third kappa shape index (κ3) is 4.92. The molecule has 5 nitrogen and oxygen atoms in total. The Kier molecular flexibility index (Phi) is 5.87. The zero-order chi connectivity index (χ0) is 17.6. The average molecular weight is 359 g/mol. The van der Waals surface area contributed by atoms with Crippen molar-refractivity contribution < 1.29 is 4.79 Å². The van der Waals surface area contributed by atoms with Crippen LogP contribution in [0.4, 0.5) is 5.95 Å². The van der Waals surface area contributed by atoms with Crippen molar-refractivity contribution in [3.05, 3.63) is 52.8 Å². The standard InChI is InChI=1S/C19H23ClN4O/c1-13-7-9-15(10-8-13)23-18(25)17-16(20)12-22-19(24-17)21-11-14-5-3-2-4-6-14/h2-6,12-13,15H,7-11H2,1H3,(H,23,25)(H,21,22,24). The van der Waals surface area contributed by atoms with Crippen LogP contribution in [-0.2, 0) is 6.54 Å². The summed E-state index contributed by atoms with van der Waals surface area (Å²) in [5.41, 5.74) is 1.34. The number of carbonyl (C=O) groups is 1. The topological polar surface area (TPSA) is 66.9 Å². The lowest BCUT2D eigenvalue weighted by Gasteiger charge is -2.26. The number of anilines is 1. The van der Waals surface area contributed by atoms with Crippen LogP contribution in [-0.4, -0.2) is 21.9 Å². The predicted molar refractivity (Wildman–Crippen MR) is 99.7 cm³/mol. The Morgan fingerprint density at radius 3 is 2.64 bits per heavy atom. The molecule has 0 spiro atoms. The Labute approximate surface area is 153 Å². The number of carbonyl (C=O) groups excluding carboxylic acids is 1. The summed E-state index contributed by atoms with van der Waals surface area (Å²) in [7, 11) is 0. The predicted octanol–water partition coefficient (Wildman–Crippen LogP) is 4.05. The van der Waals surface area contributed by atoms with Crippen molar-refractivity contribution in [2.45, 2.75) is 45.2 Å². The minimum absolute atomic E-state index is 0.204. The van der Waals surface area contributed by atoms with Gasteiger partial charge in [-0.15, -0.1) is 0 Å². The molecule has 1 fully saturated rings. The molecule has 1 aliphatic carbocycles. The summed E-state index contributed by atoms with van der Waals surface area (Å²) in [6.07, 6.45) is 5.78. The maximum absolute atomic E-state index is 12.5.